The highest BCUT2D eigenvalue weighted by Crippen LogP contribution is 2.12. The summed E-state index contributed by atoms with van der Waals surface area (Å²) in [6.07, 6.45) is -2.04. The van der Waals surface area contributed by atoms with Crippen LogP contribution in [0.15, 0.2) is 0 Å². The Hall–Kier alpha value is -1.58. The number of hydrogen-bond acceptors (Lipinski definition) is 5. The van der Waals surface area contributed by atoms with Crippen LogP contribution in [0.4, 0.5) is 4.79 Å². The topological polar surface area (TPSA) is 104 Å². The van der Waals surface area contributed by atoms with E-state index in [-0.39, 0.29) is 12.8 Å². The second kappa shape index (κ2) is 5.66. The molecular formula is C11H16O6. The quantitative estimate of drug-likeness (QED) is 0.379. The number of carboxylic acid groups (broad SMARTS) is 1. The van der Waals surface area contributed by atoms with Crippen LogP contribution in [-0.2, 0) is 9.53 Å². The smallest absolute Gasteiger partial charge is 0.449 e. The van der Waals surface area contributed by atoms with Crippen molar-refractivity contribution in [1.82, 2.24) is 0 Å². The molecule has 6 heteroatoms. The molecule has 0 aromatic heterocycles. The van der Waals surface area contributed by atoms with E-state index in [9.17, 15) is 19.8 Å². The first kappa shape index (κ1) is 15.4. The standard InChI is InChI=1S/C11H16O6/c1-10(2,15)6-7-11(3,16)5-4-8(12)17-9(13)14/h15-16H,4-5H2,1-3H3,(H,13,14). The zero-order chi connectivity index (χ0) is 13.7. The number of carbonyl (C=O) groups excluding carboxylic acids is 1. The van der Waals surface area contributed by atoms with E-state index in [0.717, 1.165) is 0 Å². The minimum atomic E-state index is -1.68. The van der Waals surface area contributed by atoms with Gasteiger partial charge in [-0.1, -0.05) is 11.8 Å². The Morgan fingerprint density at radius 3 is 2.12 bits per heavy atom. The van der Waals surface area contributed by atoms with Gasteiger partial charge >= 0.3 is 12.1 Å². The molecule has 6 nitrogen and oxygen atoms in total. The van der Waals surface area contributed by atoms with Crippen molar-refractivity contribution in [1.29, 1.82) is 0 Å². The highest BCUT2D eigenvalue weighted by Gasteiger charge is 2.21. The van der Waals surface area contributed by atoms with Gasteiger partial charge in [-0.2, -0.15) is 0 Å². The lowest BCUT2D eigenvalue weighted by molar-refractivity contribution is -0.139. The summed E-state index contributed by atoms with van der Waals surface area (Å²) in [7, 11) is 0. The second-order valence-corrected chi connectivity index (χ2v) is 4.32. The van der Waals surface area contributed by atoms with Gasteiger partial charge in [0, 0.05) is 6.42 Å². The maximum Gasteiger partial charge on any atom is 0.513 e. The molecule has 0 aliphatic carbocycles. The minimum absolute atomic E-state index is 0.0812. The summed E-state index contributed by atoms with van der Waals surface area (Å²) in [6, 6.07) is 0. The monoisotopic (exact) mass is 244 g/mol. The third-order valence-corrected chi connectivity index (χ3v) is 1.65. The van der Waals surface area contributed by atoms with Crippen molar-refractivity contribution in [3.8, 4) is 11.8 Å². The van der Waals surface area contributed by atoms with Crippen LogP contribution in [0.5, 0.6) is 0 Å². The molecule has 0 heterocycles. The average molecular weight is 244 g/mol. The SMILES string of the molecule is CC(C)(O)C#CC(C)(O)CCC(=O)OC(=O)O. The number of esters is 1. The third kappa shape index (κ3) is 9.35. The van der Waals surface area contributed by atoms with Crippen molar-refractivity contribution >= 4 is 12.1 Å². The summed E-state index contributed by atoms with van der Waals surface area (Å²) < 4.78 is 3.86. The molecule has 3 N–H and O–H groups in total. The Morgan fingerprint density at radius 1 is 1.18 bits per heavy atom. The maximum atomic E-state index is 10.9. The lowest BCUT2D eigenvalue weighted by atomic mass is 9.99. The molecule has 0 amide bonds. The van der Waals surface area contributed by atoms with Crippen molar-refractivity contribution < 1.29 is 29.6 Å². The van der Waals surface area contributed by atoms with Crippen LogP contribution in [0.2, 0.25) is 0 Å². The fraction of sp³-hybridized carbons (Fsp3) is 0.636. The van der Waals surface area contributed by atoms with Gasteiger partial charge in [0.25, 0.3) is 0 Å². The Labute approximate surface area is 99.2 Å². The van der Waals surface area contributed by atoms with E-state index in [4.69, 9.17) is 5.11 Å². The molecule has 0 aromatic rings. The molecular weight excluding hydrogens is 228 g/mol. The number of carbonyl (C=O) groups is 2. The van der Waals surface area contributed by atoms with Crippen molar-refractivity contribution in [2.45, 2.75) is 44.8 Å². The van der Waals surface area contributed by atoms with Crippen LogP contribution in [0.1, 0.15) is 33.6 Å². The molecule has 0 aromatic carbocycles. The largest absolute Gasteiger partial charge is 0.513 e. The fourth-order valence-corrected chi connectivity index (χ4v) is 0.844. The van der Waals surface area contributed by atoms with E-state index < -0.39 is 23.3 Å². The van der Waals surface area contributed by atoms with Gasteiger partial charge in [0.1, 0.15) is 11.2 Å². The molecule has 17 heavy (non-hydrogen) atoms. The van der Waals surface area contributed by atoms with Gasteiger partial charge < -0.3 is 20.1 Å². The van der Waals surface area contributed by atoms with Gasteiger partial charge in [-0.15, -0.1) is 0 Å². The van der Waals surface area contributed by atoms with Crippen LogP contribution in [0.25, 0.3) is 0 Å². The molecule has 0 saturated heterocycles. The Balaban J connectivity index is 4.31. The Kier molecular flexibility index (Phi) is 5.13. The maximum absolute atomic E-state index is 10.9. The molecule has 0 rings (SSSR count). The lowest BCUT2D eigenvalue weighted by Crippen LogP contribution is -2.25. The molecule has 0 saturated carbocycles. The number of ether oxygens (including phenoxy) is 1. The summed E-state index contributed by atoms with van der Waals surface area (Å²) in [5.41, 5.74) is -2.73. The Bertz CT molecular complexity index is 352. The number of aliphatic hydroxyl groups is 2. The first-order chi connectivity index (χ1) is 7.52. The summed E-state index contributed by atoms with van der Waals surface area (Å²) in [6.45, 7) is 4.27. The average Bonchev–Trinajstić information content (AvgIpc) is 2.10. The molecule has 1 unspecified atom stereocenters. The van der Waals surface area contributed by atoms with E-state index in [1.807, 2.05) is 0 Å². The summed E-state index contributed by atoms with van der Waals surface area (Å²) in [5.74, 6) is 3.87. The van der Waals surface area contributed by atoms with Crippen molar-refractivity contribution in [3.63, 3.8) is 0 Å². The van der Waals surface area contributed by atoms with Gasteiger partial charge in [-0.3, -0.25) is 4.79 Å². The first-order valence-electron chi connectivity index (χ1n) is 4.94. The Morgan fingerprint density at radius 2 is 1.71 bits per heavy atom. The highest BCUT2D eigenvalue weighted by molar-refractivity contribution is 5.80. The van der Waals surface area contributed by atoms with E-state index in [1.54, 1.807) is 0 Å². The highest BCUT2D eigenvalue weighted by atomic mass is 16.7. The molecule has 0 radical (unpaired) electrons. The van der Waals surface area contributed by atoms with Crippen LogP contribution in [0, 0.1) is 11.8 Å². The minimum Gasteiger partial charge on any atom is -0.449 e. The molecule has 1 atom stereocenters. The zero-order valence-corrected chi connectivity index (χ0v) is 9.98. The van der Waals surface area contributed by atoms with Gasteiger partial charge in [0.05, 0.1) is 0 Å². The first-order valence-corrected chi connectivity index (χ1v) is 4.94. The zero-order valence-electron chi connectivity index (χ0n) is 9.98. The molecule has 0 aliphatic rings. The van der Waals surface area contributed by atoms with E-state index in [0.29, 0.717) is 0 Å². The number of hydrogen-bond donors (Lipinski definition) is 3. The van der Waals surface area contributed by atoms with Crippen LogP contribution in [0.3, 0.4) is 0 Å². The van der Waals surface area contributed by atoms with Gasteiger partial charge in [0.2, 0.25) is 0 Å². The predicted octanol–water partition coefficient (Wildman–Crippen LogP) is 0.513. The van der Waals surface area contributed by atoms with Crippen molar-refractivity contribution in [2.75, 3.05) is 0 Å². The summed E-state index contributed by atoms with van der Waals surface area (Å²) >= 11 is 0. The summed E-state index contributed by atoms with van der Waals surface area (Å²) in [4.78, 5) is 20.9. The van der Waals surface area contributed by atoms with Crippen LogP contribution in [-0.4, -0.2) is 38.6 Å². The lowest BCUT2D eigenvalue weighted by Gasteiger charge is -2.16. The summed E-state index contributed by atoms with van der Waals surface area (Å²) in [5, 5.41) is 27.2. The van der Waals surface area contributed by atoms with Gasteiger partial charge in [0.15, 0.2) is 0 Å². The van der Waals surface area contributed by atoms with Crippen LogP contribution < -0.4 is 0 Å². The van der Waals surface area contributed by atoms with Crippen molar-refractivity contribution in [2.24, 2.45) is 0 Å². The second-order valence-electron chi connectivity index (χ2n) is 4.32. The van der Waals surface area contributed by atoms with Crippen molar-refractivity contribution in [3.05, 3.63) is 0 Å². The van der Waals surface area contributed by atoms with Gasteiger partial charge in [-0.05, 0) is 27.2 Å². The molecule has 0 fully saturated rings. The predicted molar refractivity (Wildman–Crippen MR) is 58.0 cm³/mol. The molecule has 0 aliphatic heterocycles. The third-order valence-electron chi connectivity index (χ3n) is 1.65. The van der Waals surface area contributed by atoms with E-state index >= 15 is 0 Å². The number of rotatable bonds is 3. The fourth-order valence-electron chi connectivity index (χ4n) is 0.844. The molecule has 96 valence electrons. The molecule has 0 bridgehead atoms. The van der Waals surface area contributed by atoms with Gasteiger partial charge in [-0.25, -0.2) is 4.79 Å². The van der Waals surface area contributed by atoms with E-state index in [2.05, 4.69) is 16.6 Å². The molecule has 0 spiro atoms. The van der Waals surface area contributed by atoms with Crippen LogP contribution >= 0.6 is 0 Å². The van der Waals surface area contributed by atoms with E-state index in [1.165, 1.54) is 20.8 Å². The normalized spacial score (nSPS) is 14.2.